The van der Waals surface area contributed by atoms with E-state index in [2.05, 4.69) is 14.8 Å². The molecule has 1 amide bonds. The molecule has 2 aliphatic rings. The number of ether oxygens (including phenoxy) is 3. The summed E-state index contributed by atoms with van der Waals surface area (Å²) in [7, 11) is 2.38. The standard InChI is InChI=1S/C22H25NO8/c1-29-20(26)15-8-16(21(27)30-2)10-17(9-15)23-18(24)11-31-22(28)14-6-12-4-3-5-13(7-14)19(12)25/h8-10,12-14H,3-7,11H2,1-2H3,(H,23,24)/t12-,13+,14?. The Bertz CT molecular complexity index is 859. The molecule has 3 rings (SSSR count). The van der Waals surface area contributed by atoms with Crippen molar-refractivity contribution in [3.63, 3.8) is 0 Å². The number of esters is 3. The predicted octanol–water partition coefficient (Wildman–Crippen LogP) is 2.14. The second-order valence-corrected chi connectivity index (χ2v) is 7.83. The van der Waals surface area contributed by atoms with Crippen LogP contribution in [0.15, 0.2) is 18.2 Å². The Hall–Kier alpha value is -3.23. The number of methoxy groups -OCH3 is 2. The van der Waals surface area contributed by atoms with Crippen LogP contribution in [0, 0.1) is 17.8 Å². The normalized spacial score (nSPS) is 22.3. The highest BCUT2D eigenvalue weighted by molar-refractivity contribution is 6.00. The van der Waals surface area contributed by atoms with Crippen LogP contribution in [0.25, 0.3) is 0 Å². The smallest absolute Gasteiger partial charge is 0.337 e. The fourth-order valence-corrected chi connectivity index (χ4v) is 4.29. The monoisotopic (exact) mass is 431 g/mol. The topological polar surface area (TPSA) is 125 Å². The molecule has 2 fully saturated rings. The summed E-state index contributed by atoms with van der Waals surface area (Å²) in [4.78, 5) is 60.5. The Morgan fingerprint density at radius 1 is 0.935 bits per heavy atom. The van der Waals surface area contributed by atoms with Crippen LogP contribution in [-0.4, -0.2) is 50.4 Å². The van der Waals surface area contributed by atoms with E-state index in [1.54, 1.807) is 0 Å². The summed E-state index contributed by atoms with van der Waals surface area (Å²) in [6, 6.07) is 3.96. The van der Waals surface area contributed by atoms with Crippen molar-refractivity contribution in [3.8, 4) is 0 Å². The Labute approximate surface area is 179 Å². The number of nitrogens with one attached hydrogen (secondary N) is 1. The van der Waals surface area contributed by atoms with Gasteiger partial charge in [0.1, 0.15) is 5.78 Å². The molecule has 1 N–H and O–H groups in total. The van der Waals surface area contributed by atoms with Crippen LogP contribution in [0.3, 0.4) is 0 Å². The molecule has 1 aromatic carbocycles. The van der Waals surface area contributed by atoms with E-state index in [9.17, 15) is 24.0 Å². The summed E-state index contributed by atoms with van der Waals surface area (Å²) in [6.07, 6.45) is 3.56. The Morgan fingerprint density at radius 2 is 1.48 bits per heavy atom. The van der Waals surface area contributed by atoms with Crippen molar-refractivity contribution >= 4 is 35.3 Å². The molecule has 2 aliphatic carbocycles. The summed E-state index contributed by atoms with van der Waals surface area (Å²) >= 11 is 0. The number of carbonyl (C=O) groups excluding carboxylic acids is 5. The summed E-state index contributed by atoms with van der Waals surface area (Å²) in [5.41, 5.74) is 0.259. The summed E-state index contributed by atoms with van der Waals surface area (Å²) < 4.78 is 14.5. The van der Waals surface area contributed by atoms with E-state index in [1.165, 1.54) is 32.4 Å². The molecular weight excluding hydrogens is 406 g/mol. The molecule has 1 unspecified atom stereocenters. The predicted molar refractivity (Wildman–Crippen MR) is 107 cm³/mol. The van der Waals surface area contributed by atoms with Crippen LogP contribution in [0.2, 0.25) is 0 Å². The van der Waals surface area contributed by atoms with E-state index in [4.69, 9.17) is 4.74 Å². The third-order valence-corrected chi connectivity index (χ3v) is 5.79. The number of benzene rings is 1. The highest BCUT2D eigenvalue weighted by Crippen LogP contribution is 2.40. The van der Waals surface area contributed by atoms with Gasteiger partial charge in [-0.1, -0.05) is 6.42 Å². The second-order valence-electron chi connectivity index (χ2n) is 7.83. The zero-order chi connectivity index (χ0) is 22.5. The SMILES string of the molecule is COC(=O)c1cc(NC(=O)COC(=O)C2C[C@H]3CCC[C@@H](C2)C3=O)cc(C(=O)OC)c1. The van der Waals surface area contributed by atoms with Crippen molar-refractivity contribution in [2.24, 2.45) is 17.8 Å². The lowest BCUT2D eigenvalue weighted by molar-refractivity contribution is -0.155. The van der Waals surface area contributed by atoms with E-state index < -0.39 is 30.4 Å². The first-order valence-electron chi connectivity index (χ1n) is 10.1. The van der Waals surface area contributed by atoms with Crippen LogP contribution < -0.4 is 5.32 Å². The highest BCUT2D eigenvalue weighted by atomic mass is 16.5. The molecule has 0 aromatic heterocycles. The van der Waals surface area contributed by atoms with Gasteiger partial charge in [0.2, 0.25) is 0 Å². The van der Waals surface area contributed by atoms with Crippen LogP contribution in [0.1, 0.15) is 52.8 Å². The molecule has 0 aliphatic heterocycles. The first kappa shape index (κ1) is 22.5. The van der Waals surface area contributed by atoms with Gasteiger partial charge in [0, 0.05) is 17.5 Å². The van der Waals surface area contributed by atoms with Crippen molar-refractivity contribution in [3.05, 3.63) is 29.3 Å². The molecular formula is C22H25NO8. The van der Waals surface area contributed by atoms with Gasteiger partial charge in [0.05, 0.1) is 31.3 Å². The fourth-order valence-electron chi connectivity index (χ4n) is 4.29. The Morgan fingerprint density at radius 3 is 2.00 bits per heavy atom. The largest absolute Gasteiger partial charge is 0.465 e. The first-order chi connectivity index (χ1) is 14.8. The Kier molecular flexibility index (Phi) is 7.04. The quantitative estimate of drug-likeness (QED) is 0.536. The van der Waals surface area contributed by atoms with Crippen LogP contribution >= 0.6 is 0 Å². The average molecular weight is 431 g/mol. The van der Waals surface area contributed by atoms with E-state index >= 15 is 0 Å². The molecule has 0 spiro atoms. The third kappa shape index (κ3) is 5.28. The first-order valence-corrected chi connectivity index (χ1v) is 10.1. The van der Waals surface area contributed by atoms with Gasteiger partial charge in [-0.2, -0.15) is 0 Å². The molecule has 9 heteroatoms. The van der Waals surface area contributed by atoms with Crippen molar-refractivity contribution in [2.45, 2.75) is 32.1 Å². The number of ketones is 1. The number of amides is 1. The maximum absolute atomic E-state index is 12.4. The van der Waals surface area contributed by atoms with Crippen molar-refractivity contribution in [2.75, 3.05) is 26.1 Å². The highest BCUT2D eigenvalue weighted by Gasteiger charge is 2.41. The minimum absolute atomic E-state index is 0.0520. The van der Waals surface area contributed by atoms with Crippen LogP contribution in [-0.2, 0) is 28.6 Å². The van der Waals surface area contributed by atoms with Gasteiger partial charge >= 0.3 is 17.9 Å². The number of hydrogen-bond donors (Lipinski definition) is 1. The molecule has 0 saturated heterocycles. The molecule has 31 heavy (non-hydrogen) atoms. The van der Waals surface area contributed by atoms with Crippen molar-refractivity contribution in [1.29, 1.82) is 0 Å². The molecule has 0 heterocycles. The number of carbonyl (C=O) groups is 5. The van der Waals surface area contributed by atoms with Crippen LogP contribution in [0.4, 0.5) is 5.69 Å². The second kappa shape index (κ2) is 9.72. The number of fused-ring (bicyclic) bond motifs is 2. The molecule has 166 valence electrons. The lowest BCUT2D eigenvalue weighted by Gasteiger charge is -2.36. The van der Waals surface area contributed by atoms with Gasteiger partial charge in [-0.15, -0.1) is 0 Å². The number of rotatable bonds is 6. The molecule has 1 aromatic rings. The minimum Gasteiger partial charge on any atom is -0.465 e. The molecule has 2 saturated carbocycles. The van der Waals surface area contributed by atoms with E-state index in [0.717, 1.165) is 19.3 Å². The minimum atomic E-state index is -0.690. The van der Waals surface area contributed by atoms with Gasteiger partial charge in [0.25, 0.3) is 5.91 Å². The van der Waals surface area contributed by atoms with Gasteiger partial charge in [-0.3, -0.25) is 14.4 Å². The molecule has 0 radical (unpaired) electrons. The zero-order valence-electron chi connectivity index (χ0n) is 17.5. The van der Waals surface area contributed by atoms with E-state index in [-0.39, 0.29) is 40.4 Å². The Balaban J connectivity index is 1.60. The van der Waals surface area contributed by atoms with Gasteiger partial charge in [-0.25, -0.2) is 9.59 Å². The number of anilines is 1. The molecule has 9 nitrogen and oxygen atoms in total. The van der Waals surface area contributed by atoms with Crippen molar-refractivity contribution in [1.82, 2.24) is 0 Å². The van der Waals surface area contributed by atoms with Gasteiger partial charge in [-0.05, 0) is 43.9 Å². The summed E-state index contributed by atoms with van der Waals surface area (Å²) in [5.74, 6) is -2.80. The van der Waals surface area contributed by atoms with Gasteiger partial charge in [0.15, 0.2) is 6.61 Å². The maximum Gasteiger partial charge on any atom is 0.337 e. The summed E-state index contributed by atoms with van der Waals surface area (Å²) in [6.45, 7) is -0.519. The fraction of sp³-hybridized carbons (Fsp3) is 0.500. The number of Topliss-reactive ketones (excluding diaryl/α,β-unsaturated/α-hetero) is 1. The lowest BCUT2D eigenvalue weighted by Crippen LogP contribution is -2.40. The van der Waals surface area contributed by atoms with Crippen LogP contribution in [0.5, 0.6) is 0 Å². The molecule has 2 bridgehead atoms. The summed E-state index contributed by atoms with van der Waals surface area (Å²) in [5, 5.41) is 2.50. The molecule has 3 atom stereocenters. The van der Waals surface area contributed by atoms with E-state index in [1.807, 2.05) is 0 Å². The van der Waals surface area contributed by atoms with E-state index in [0.29, 0.717) is 12.8 Å². The number of hydrogen-bond acceptors (Lipinski definition) is 8. The average Bonchev–Trinajstić information content (AvgIpc) is 2.75. The lowest BCUT2D eigenvalue weighted by atomic mass is 9.67. The van der Waals surface area contributed by atoms with Gasteiger partial charge < -0.3 is 19.5 Å². The maximum atomic E-state index is 12.4. The third-order valence-electron chi connectivity index (χ3n) is 5.79. The van der Waals surface area contributed by atoms with Crippen molar-refractivity contribution < 1.29 is 38.2 Å². The zero-order valence-corrected chi connectivity index (χ0v) is 17.5.